The number of amides is 1. The Labute approximate surface area is 155 Å². The van der Waals surface area contributed by atoms with Crippen molar-refractivity contribution >= 4 is 16.9 Å². The van der Waals surface area contributed by atoms with Crippen molar-refractivity contribution in [1.82, 2.24) is 20.1 Å². The van der Waals surface area contributed by atoms with Gasteiger partial charge in [0.05, 0.1) is 23.8 Å². The number of carbonyl (C=O) groups excluding carboxylic acids is 1. The molecule has 0 aromatic carbocycles. The molecule has 0 bridgehead atoms. The maximum absolute atomic E-state index is 13.1. The number of nitrogens with zero attached hydrogens (tertiary/aromatic N) is 3. The van der Waals surface area contributed by atoms with Gasteiger partial charge in [-0.1, -0.05) is 27.2 Å². The van der Waals surface area contributed by atoms with Gasteiger partial charge in [0.2, 0.25) is 0 Å². The van der Waals surface area contributed by atoms with Gasteiger partial charge in [0.15, 0.2) is 5.65 Å². The number of hydrogen-bond acceptors (Lipinski definition) is 4. The predicted octanol–water partition coefficient (Wildman–Crippen LogP) is 3.42. The summed E-state index contributed by atoms with van der Waals surface area (Å²) in [5, 5.41) is 18.2. The van der Waals surface area contributed by atoms with Crippen LogP contribution in [0, 0.1) is 5.41 Å². The molecule has 0 unspecified atom stereocenters. The molecule has 2 atom stereocenters. The van der Waals surface area contributed by atoms with Crippen molar-refractivity contribution in [3.8, 4) is 0 Å². The molecule has 2 N–H and O–H groups in total. The number of nitrogens with one attached hydrogen (secondary N) is 1. The fraction of sp³-hybridized carbons (Fsp3) is 0.650. The minimum absolute atomic E-state index is 0.00846. The van der Waals surface area contributed by atoms with Gasteiger partial charge in [-0.3, -0.25) is 4.79 Å². The Bertz CT molecular complexity index is 811. The highest BCUT2D eigenvalue weighted by atomic mass is 16.3. The summed E-state index contributed by atoms with van der Waals surface area (Å²) in [7, 11) is 0. The van der Waals surface area contributed by atoms with E-state index in [1.54, 1.807) is 6.20 Å². The van der Waals surface area contributed by atoms with Gasteiger partial charge in [0, 0.05) is 23.2 Å². The van der Waals surface area contributed by atoms with Gasteiger partial charge in [0.25, 0.3) is 5.91 Å². The van der Waals surface area contributed by atoms with E-state index in [2.05, 4.69) is 38.1 Å². The molecule has 6 nitrogen and oxygen atoms in total. The van der Waals surface area contributed by atoms with Gasteiger partial charge in [0.1, 0.15) is 0 Å². The average molecular weight is 358 g/mol. The largest absolute Gasteiger partial charge is 0.396 e. The molecule has 2 heterocycles. The van der Waals surface area contributed by atoms with Gasteiger partial charge >= 0.3 is 0 Å². The fourth-order valence-corrected chi connectivity index (χ4v) is 3.80. The zero-order valence-corrected chi connectivity index (χ0v) is 16.4. The van der Waals surface area contributed by atoms with Crippen molar-refractivity contribution in [1.29, 1.82) is 0 Å². The molecular weight excluding hydrogens is 328 g/mol. The van der Waals surface area contributed by atoms with Crippen LogP contribution in [0.2, 0.25) is 0 Å². The summed E-state index contributed by atoms with van der Waals surface area (Å²) in [6.07, 6.45) is 4.60. The Kier molecular flexibility index (Phi) is 5.06. The smallest absolute Gasteiger partial charge is 0.252 e. The standard InChI is InChI=1S/C20H30N4O2/c1-12(2)16-9-14(15-10-21-24(13(3)4)18(15)22-16)19(26)23-17-7-6-8-20(17,5)11-25/h9-10,12-13,17,25H,6-8,11H2,1-5H3,(H,23,26)/t17-,20-/m0/s1. The third-order valence-corrected chi connectivity index (χ3v) is 5.66. The van der Waals surface area contributed by atoms with E-state index in [4.69, 9.17) is 4.98 Å². The summed E-state index contributed by atoms with van der Waals surface area (Å²) in [6.45, 7) is 10.4. The number of aliphatic hydroxyl groups is 1. The molecule has 2 aromatic rings. The van der Waals surface area contributed by atoms with Crippen LogP contribution < -0.4 is 5.32 Å². The second-order valence-electron chi connectivity index (χ2n) is 8.40. The van der Waals surface area contributed by atoms with E-state index >= 15 is 0 Å². The maximum Gasteiger partial charge on any atom is 0.252 e. The van der Waals surface area contributed by atoms with Crippen molar-refractivity contribution in [2.24, 2.45) is 5.41 Å². The molecule has 142 valence electrons. The Morgan fingerprint density at radius 3 is 2.77 bits per heavy atom. The first-order valence-electron chi connectivity index (χ1n) is 9.56. The van der Waals surface area contributed by atoms with E-state index in [-0.39, 0.29) is 35.9 Å². The van der Waals surface area contributed by atoms with Crippen molar-refractivity contribution in [2.45, 2.75) is 71.9 Å². The minimum Gasteiger partial charge on any atom is -0.396 e. The Balaban J connectivity index is 2.02. The van der Waals surface area contributed by atoms with Gasteiger partial charge < -0.3 is 10.4 Å². The highest BCUT2D eigenvalue weighted by molar-refractivity contribution is 6.05. The molecular formula is C20H30N4O2. The Hall–Kier alpha value is -1.95. The second-order valence-corrected chi connectivity index (χ2v) is 8.40. The predicted molar refractivity (Wildman–Crippen MR) is 102 cm³/mol. The Morgan fingerprint density at radius 2 is 2.15 bits per heavy atom. The van der Waals surface area contributed by atoms with Crippen molar-refractivity contribution < 1.29 is 9.90 Å². The molecule has 1 fully saturated rings. The van der Waals surface area contributed by atoms with Crippen LogP contribution in [0.1, 0.15) is 81.9 Å². The number of fused-ring (bicyclic) bond motifs is 1. The topological polar surface area (TPSA) is 80.0 Å². The molecule has 0 saturated heterocycles. The van der Waals surface area contributed by atoms with Crippen LogP contribution in [-0.4, -0.2) is 38.4 Å². The molecule has 26 heavy (non-hydrogen) atoms. The lowest BCUT2D eigenvalue weighted by molar-refractivity contribution is 0.0832. The monoisotopic (exact) mass is 358 g/mol. The fourth-order valence-electron chi connectivity index (χ4n) is 3.80. The van der Waals surface area contributed by atoms with E-state index in [9.17, 15) is 9.90 Å². The maximum atomic E-state index is 13.1. The van der Waals surface area contributed by atoms with Crippen LogP contribution in [0.3, 0.4) is 0 Å². The molecule has 0 radical (unpaired) electrons. The third-order valence-electron chi connectivity index (χ3n) is 5.66. The van der Waals surface area contributed by atoms with E-state index < -0.39 is 0 Å². The van der Waals surface area contributed by atoms with Gasteiger partial charge in [-0.25, -0.2) is 9.67 Å². The summed E-state index contributed by atoms with van der Waals surface area (Å²) >= 11 is 0. The molecule has 3 rings (SSSR count). The molecule has 0 spiro atoms. The lowest BCUT2D eigenvalue weighted by Crippen LogP contribution is -2.44. The summed E-state index contributed by atoms with van der Waals surface area (Å²) in [5.41, 5.74) is 2.03. The normalized spacial score (nSPS) is 23.3. The van der Waals surface area contributed by atoms with Crippen molar-refractivity contribution in [2.75, 3.05) is 6.61 Å². The van der Waals surface area contributed by atoms with E-state index in [0.717, 1.165) is 36.0 Å². The number of aliphatic hydroxyl groups excluding tert-OH is 1. The Morgan fingerprint density at radius 1 is 1.42 bits per heavy atom. The lowest BCUT2D eigenvalue weighted by Gasteiger charge is -2.30. The van der Waals surface area contributed by atoms with Gasteiger partial charge in [-0.05, 0) is 38.7 Å². The van der Waals surface area contributed by atoms with Crippen LogP contribution >= 0.6 is 0 Å². The first-order valence-corrected chi connectivity index (χ1v) is 9.56. The quantitative estimate of drug-likeness (QED) is 0.858. The number of pyridine rings is 1. The zero-order valence-electron chi connectivity index (χ0n) is 16.4. The number of aromatic nitrogens is 3. The van der Waals surface area contributed by atoms with E-state index in [0.29, 0.717) is 5.56 Å². The van der Waals surface area contributed by atoms with Crippen LogP contribution in [0.25, 0.3) is 11.0 Å². The van der Waals surface area contributed by atoms with Crippen molar-refractivity contribution in [3.05, 3.63) is 23.5 Å². The summed E-state index contributed by atoms with van der Waals surface area (Å²) in [6, 6.07) is 2.05. The van der Waals surface area contributed by atoms with Crippen molar-refractivity contribution in [3.63, 3.8) is 0 Å². The zero-order chi connectivity index (χ0) is 19.1. The first kappa shape index (κ1) is 18.8. The third kappa shape index (κ3) is 3.22. The summed E-state index contributed by atoms with van der Waals surface area (Å²) < 4.78 is 1.87. The molecule has 0 aliphatic heterocycles. The highest BCUT2D eigenvalue weighted by Gasteiger charge is 2.39. The van der Waals surface area contributed by atoms with Gasteiger partial charge in [-0.2, -0.15) is 5.10 Å². The number of carbonyl (C=O) groups is 1. The first-order chi connectivity index (χ1) is 12.3. The van der Waals surface area contributed by atoms with Crippen LogP contribution in [-0.2, 0) is 0 Å². The van der Waals surface area contributed by atoms with E-state index in [1.807, 2.05) is 17.7 Å². The van der Waals surface area contributed by atoms with Crippen LogP contribution in [0.4, 0.5) is 0 Å². The highest BCUT2D eigenvalue weighted by Crippen LogP contribution is 2.37. The molecule has 6 heteroatoms. The molecule has 2 aromatic heterocycles. The molecule has 1 aliphatic rings. The summed E-state index contributed by atoms with van der Waals surface area (Å²) in [4.78, 5) is 17.9. The summed E-state index contributed by atoms with van der Waals surface area (Å²) in [5.74, 6) is 0.116. The van der Waals surface area contributed by atoms with Gasteiger partial charge in [-0.15, -0.1) is 0 Å². The van der Waals surface area contributed by atoms with E-state index in [1.165, 1.54) is 0 Å². The molecule has 1 saturated carbocycles. The lowest BCUT2D eigenvalue weighted by atomic mass is 9.85. The molecule has 1 amide bonds. The number of hydrogen-bond donors (Lipinski definition) is 2. The SMILES string of the molecule is CC(C)c1cc(C(=O)N[C@H]2CCC[C@@]2(C)CO)c2cnn(C(C)C)c2n1. The average Bonchev–Trinajstić information content (AvgIpc) is 3.18. The number of rotatable bonds is 5. The molecule has 1 aliphatic carbocycles. The minimum atomic E-state index is -0.245. The second kappa shape index (κ2) is 6.99. The van der Waals surface area contributed by atoms with Crippen LogP contribution in [0.15, 0.2) is 12.3 Å². The van der Waals surface area contributed by atoms with Crippen LogP contribution in [0.5, 0.6) is 0 Å².